The quantitative estimate of drug-likeness (QED) is 0.424. The van der Waals surface area contributed by atoms with Gasteiger partial charge < -0.3 is 19.1 Å². The summed E-state index contributed by atoms with van der Waals surface area (Å²) in [4.78, 5) is 0. The Hall–Kier alpha value is 0.190. The Balaban J connectivity index is 2.90. The van der Waals surface area contributed by atoms with Crippen molar-refractivity contribution in [2.24, 2.45) is 0 Å². The molecule has 0 radical (unpaired) electrons. The average Bonchev–Trinajstić information content (AvgIpc) is 2.10. The smallest absolute Gasteiger partial charge is 0.0883 e. The lowest BCUT2D eigenvalue weighted by Gasteiger charge is -2.06. The van der Waals surface area contributed by atoms with Crippen LogP contribution in [0.2, 0.25) is 0 Å². The molecule has 1 unspecified atom stereocenters. The van der Waals surface area contributed by atoms with Gasteiger partial charge in [0.15, 0.2) is 0 Å². The van der Waals surface area contributed by atoms with Gasteiger partial charge in [-0.05, 0) is 19.0 Å². The van der Waals surface area contributed by atoms with Gasteiger partial charge in [0.1, 0.15) is 0 Å². The molecule has 5 heteroatoms. The van der Waals surface area contributed by atoms with Gasteiger partial charge in [-0.1, -0.05) is 0 Å². The molecule has 0 aliphatic heterocycles. The first-order chi connectivity index (χ1) is 5.81. The molecule has 0 aliphatic rings. The van der Waals surface area contributed by atoms with Crippen molar-refractivity contribution >= 4 is 12.0 Å². The maximum Gasteiger partial charge on any atom is 0.0883 e. The summed E-state index contributed by atoms with van der Waals surface area (Å²) >= 11 is 1.15. The summed E-state index contributed by atoms with van der Waals surface area (Å²) < 4.78 is 10.0. The molecule has 0 spiro atoms. The highest BCUT2D eigenvalue weighted by atomic mass is 32.2. The second-order valence-electron chi connectivity index (χ2n) is 2.14. The van der Waals surface area contributed by atoms with Gasteiger partial charge in [-0.2, -0.15) is 0 Å². The summed E-state index contributed by atoms with van der Waals surface area (Å²) in [6.45, 7) is 3.47. The van der Waals surface area contributed by atoms with E-state index in [-0.39, 0.29) is 6.61 Å². The van der Waals surface area contributed by atoms with Crippen molar-refractivity contribution in [2.75, 3.05) is 32.2 Å². The first-order valence-electron chi connectivity index (χ1n) is 3.92. The summed E-state index contributed by atoms with van der Waals surface area (Å²) in [5.41, 5.74) is 0. The van der Waals surface area contributed by atoms with Crippen molar-refractivity contribution in [3.63, 3.8) is 0 Å². The summed E-state index contributed by atoms with van der Waals surface area (Å²) in [6.07, 6.45) is -0.693. The third-order valence-electron chi connectivity index (χ3n) is 1.07. The zero-order chi connectivity index (χ0) is 9.23. The van der Waals surface area contributed by atoms with E-state index in [1.165, 1.54) is 0 Å². The fourth-order valence-corrected chi connectivity index (χ4v) is 1.02. The Morgan fingerprint density at radius 2 is 2.17 bits per heavy atom. The molecule has 0 heterocycles. The second-order valence-corrected chi connectivity index (χ2v) is 2.94. The monoisotopic (exact) mass is 196 g/mol. The van der Waals surface area contributed by atoms with Crippen LogP contribution >= 0.6 is 12.0 Å². The Bertz CT molecular complexity index is 91.5. The van der Waals surface area contributed by atoms with Crippen LogP contribution in [0.25, 0.3) is 0 Å². The summed E-state index contributed by atoms with van der Waals surface area (Å²) in [6, 6.07) is 0. The predicted molar refractivity (Wildman–Crippen MR) is 48.0 cm³/mol. The first-order valence-corrected chi connectivity index (χ1v) is 4.83. The fraction of sp³-hybridized carbons (Fsp3) is 1.00. The molecule has 0 fully saturated rings. The Morgan fingerprint density at radius 3 is 2.75 bits per heavy atom. The van der Waals surface area contributed by atoms with E-state index >= 15 is 0 Å². The highest BCUT2D eigenvalue weighted by Gasteiger charge is 2.01. The third-order valence-corrected chi connectivity index (χ3v) is 1.92. The number of ether oxygens (including phenoxy) is 1. The summed E-state index contributed by atoms with van der Waals surface area (Å²) in [5, 5.41) is 17.3. The first kappa shape index (κ1) is 12.2. The number of hydrogen-bond donors (Lipinski definition) is 2. The van der Waals surface area contributed by atoms with Gasteiger partial charge in [0, 0.05) is 12.4 Å². The molecule has 0 saturated heterocycles. The maximum absolute atomic E-state index is 8.88. The minimum atomic E-state index is -0.693. The van der Waals surface area contributed by atoms with Crippen LogP contribution in [0.1, 0.15) is 6.92 Å². The van der Waals surface area contributed by atoms with Crippen molar-refractivity contribution in [2.45, 2.75) is 13.0 Å². The van der Waals surface area contributed by atoms with Crippen LogP contribution in [0.5, 0.6) is 0 Å². The van der Waals surface area contributed by atoms with Crippen LogP contribution < -0.4 is 0 Å². The minimum absolute atomic E-state index is 0.220. The Morgan fingerprint density at radius 1 is 1.42 bits per heavy atom. The third kappa shape index (κ3) is 8.29. The molecule has 12 heavy (non-hydrogen) atoms. The predicted octanol–water partition coefficient (Wildman–Crippen LogP) is 0.0409. The van der Waals surface area contributed by atoms with Crippen molar-refractivity contribution in [3.8, 4) is 0 Å². The van der Waals surface area contributed by atoms with Gasteiger partial charge in [-0.25, -0.2) is 0 Å². The molecule has 1 atom stereocenters. The van der Waals surface area contributed by atoms with Crippen LogP contribution in [0.3, 0.4) is 0 Å². The summed E-state index contributed by atoms with van der Waals surface area (Å²) in [5.74, 6) is 0.391. The van der Waals surface area contributed by atoms with E-state index in [2.05, 4.69) is 0 Å². The molecule has 0 aromatic rings. The van der Waals surface area contributed by atoms with E-state index in [9.17, 15) is 0 Å². The van der Waals surface area contributed by atoms with E-state index in [0.29, 0.717) is 25.6 Å². The van der Waals surface area contributed by atoms with Crippen molar-refractivity contribution < 1.29 is 19.1 Å². The van der Waals surface area contributed by atoms with Gasteiger partial charge in [0.25, 0.3) is 0 Å². The molecular formula is C7H16O4S. The topological polar surface area (TPSA) is 58.9 Å². The van der Waals surface area contributed by atoms with Gasteiger partial charge in [-0.3, -0.25) is 0 Å². The van der Waals surface area contributed by atoms with E-state index in [1.54, 1.807) is 0 Å². The Kier molecular flexibility index (Phi) is 9.43. The van der Waals surface area contributed by atoms with Crippen LogP contribution in [0.4, 0.5) is 0 Å². The molecule has 4 nitrogen and oxygen atoms in total. The number of aliphatic hydroxyl groups excluding tert-OH is 2. The fourth-order valence-electron chi connectivity index (χ4n) is 0.476. The summed E-state index contributed by atoms with van der Waals surface area (Å²) in [7, 11) is 0. The largest absolute Gasteiger partial charge is 0.394 e. The number of aliphatic hydroxyl groups is 2. The highest BCUT2D eigenvalue weighted by Crippen LogP contribution is 2.03. The Labute approximate surface area is 77.1 Å². The number of rotatable bonds is 8. The average molecular weight is 196 g/mol. The zero-order valence-electron chi connectivity index (χ0n) is 7.23. The normalized spacial score (nSPS) is 13.2. The van der Waals surface area contributed by atoms with Crippen LogP contribution in [-0.4, -0.2) is 48.5 Å². The van der Waals surface area contributed by atoms with Gasteiger partial charge in [0.2, 0.25) is 0 Å². The van der Waals surface area contributed by atoms with Gasteiger partial charge >= 0.3 is 0 Å². The molecule has 0 rings (SSSR count). The molecule has 0 amide bonds. The van der Waals surface area contributed by atoms with Crippen molar-refractivity contribution in [1.82, 2.24) is 0 Å². The van der Waals surface area contributed by atoms with E-state index in [4.69, 9.17) is 19.1 Å². The van der Waals surface area contributed by atoms with Crippen LogP contribution in [0.15, 0.2) is 0 Å². The zero-order valence-corrected chi connectivity index (χ0v) is 8.05. The second kappa shape index (κ2) is 9.28. The molecule has 0 aromatic carbocycles. The lowest BCUT2D eigenvalue weighted by Crippen LogP contribution is -2.15. The lowest BCUT2D eigenvalue weighted by atomic mass is 10.4. The lowest BCUT2D eigenvalue weighted by molar-refractivity contribution is 0.107. The molecular weight excluding hydrogens is 180 g/mol. The van der Waals surface area contributed by atoms with E-state index < -0.39 is 6.10 Å². The van der Waals surface area contributed by atoms with Gasteiger partial charge in [0.05, 0.1) is 25.9 Å². The highest BCUT2D eigenvalue weighted by molar-refractivity contribution is 7.94. The molecule has 2 N–H and O–H groups in total. The van der Waals surface area contributed by atoms with E-state index in [1.807, 2.05) is 6.92 Å². The van der Waals surface area contributed by atoms with Gasteiger partial charge in [-0.15, -0.1) is 0 Å². The van der Waals surface area contributed by atoms with E-state index in [0.717, 1.165) is 12.0 Å². The van der Waals surface area contributed by atoms with Crippen LogP contribution in [0, 0.1) is 0 Å². The van der Waals surface area contributed by atoms with Crippen molar-refractivity contribution in [3.05, 3.63) is 0 Å². The standard InChI is InChI=1S/C7H16O4S/c1-2-10-3-4-11-12-6-7(9)5-8/h7-9H,2-6H2,1H3. The molecule has 0 saturated carbocycles. The molecule has 0 bridgehead atoms. The number of hydrogen-bond acceptors (Lipinski definition) is 5. The molecule has 0 aromatic heterocycles. The molecule has 0 aliphatic carbocycles. The van der Waals surface area contributed by atoms with Crippen LogP contribution in [-0.2, 0) is 8.92 Å². The maximum atomic E-state index is 8.88. The SMILES string of the molecule is CCOCCOSCC(O)CO. The minimum Gasteiger partial charge on any atom is -0.394 e. The van der Waals surface area contributed by atoms with Crippen molar-refractivity contribution in [1.29, 1.82) is 0 Å². The molecule has 74 valence electrons.